The Morgan fingerprint density at radius 2 is 1.63 bits per heavy atom. The first-order valence-corrected chi connectivity index (χ1v) is 13.4. The van der Waals surface area contributed by atoms with Gasteiger partial charge in [-0.3, -0.25) is 4.79 Å². The highest BCUT2D eigenvalue weighted by molar-refractivity contribution is 6.11. The van der Waals surface area contributed by atoms with Gasteiger partial charge in [0.2, 0.25) is 0 Å². The van der Waals surface area contributed by atoms with Gasteiger partial charge in [-0.1, -0.05) is 72.8 Å². The molecule has 3 aromatic rings. The third-order valence-corrected chi connectivity index (χ3v) is 7.17. The number of fused-ring (bicyclic) bond motifs is 4. The molecule has 208 valence electrons. The highest BCUT2D eigenvalue weighted by Crippen LogP contribution is 2.54. The molecule has 1 saturated heterocycles. The number of phenolic OH excluding ortho intramolecular Hbond substituents is 2. The molecule has 3 heterocycles. The molecule has 2 bridgehead atoms. The van der Waals surface area contributed by atoms with Crippen molar-refractivity contribution in [1.82, 2.24) is 0 Å². The summed E-state index contributed by atoms with van der Waals surface area (Å²) < 4.78 is 24.4. The number of phenols is 2. The molecule has 1 fully saturated rings. The fraction of sp³-hybridized carbons (Fsp3) is 0.212. The van der Waals surface area contributed by atoms with E-state index in [1.54, 1.807) is 24.3 Å². The summed E-state index contributed by atoms with van der Waals surface area (Å²) in [6.45, 7) is 0. The second kappa shape index (κ2) is 11.1. The minimum Gasteiger partial charge on any atom is -0.507 e. The molecule has 3 aromatic carbocycles. The van der Waals surface area contributed by atoms with Gasteiger partial charge in [-0.25, -0.2) is 4.79 Å². The van der Waals surface area contributed by atoms with E-state index in [9.17, 15) is 19.8 Å². The van der Waals surface area contributed by atoms with Crippen LogP contribution in [-0.4, -0.2) is 40.1 Å². The molecule has 0 saturated carbocycles. The van der Waals surface area contributed by atoms with Crippen LogP contribution in [0, 0.1) is 0 Å². The summed E-state index contributed by atoms with van der Waals surface area (Å²) in [5, 5.41) is 21.7. The molecule has 8 nitrogen and oxygen atoms in total. The molecule has 0 radical (unpaired) electrons. The van der Waals surface area contributed by atoms with E-state index in [0.29, 0.717) is 19.3 Å². The molecule has 2 N–H and O–H groups in total. The van der Waals surface area contributed by atoms with Gasteiger partial charge in [-0.15, -0.1) is 0 Å². The summed E-state index contributed by atoms with van der Waals surface area (Å²) in [7, 11) is 0. The summed E-state index contributed by atoms with van der Waals surface area (Å²) in [6, 6.07) is 19.9. The average Bonchev–Trinajstić information content (AvgIpc) is 2.96. The van der Waals surface area contributed by atoms with E-state index in [0.717, 1.165) is 17.2 Å². The van der Waals surface area contributed by atoms with E-state index >= 15 is 0 Å². The lowest BCUT2D eigenvalue weighted by atomic mass is 9.91. The lowest BCUT2D eigenvalue weighted by Gasteiger charge is -2.47. The van der Waals surface area contributed by atoms with Crippen molar-refractivity contribution < 1.29 is 38.7 Å². The molecule has 4 atom stereocenters. The molecule has 3 aliphatic rings. The van der Waals surface area contributed by atoms with Crippen LogP contribution >= 0.6 is 0 Å². The Bertz CT molecular complexity index is 1540. The maximum absolute atomic E-state index is 13.4. The molecule has 3 aliphatic heterocycles. The standard InChI is InChI=1S/C33H28O8/c34-25(15-14-21-8-3-1-4-9-21)30-26(35)20-27(36)31-28-19-24(18-23-12-7-13-29(37)38-23)39-33(40-28,41-32(30)31)17-16-22-10-5-2-6-11-22/h1-11,13-17,20,23-24,28,35-36H,12,18-19H2/b15-14+,17-16+/t23?,24-,28-,33+/m0/s1. The van der Waals surface area contributed by atoms with Crippen LogP contribution in [0.25, 0.3) is 12.2 Å². The predicted molar refractivity (Wildman–Crippen MR) is 150 cm³/mol. The number of benzene rings is 3. The molecule has 0 amide bonds. The smallest absolute Gasteiger partial charge is 0.350 e. The molecule has 41 heavy (non-hydrogen) atoms. The van der Waals surface area contributed by atoms with Gasteiger partial charge in [0.15, 0.2) is 11.5 Å². The maximum atomic E-state index is 13.4. The zero-order chi connectivity index (χ0) is 28.4. The zero-order valence-corrected chi connectivity index (χ0v) is 22.0. The van der Waals surface area contributed by atoms with Crippen molar-refractivity contribution in [3.63, 3.8) is 0 Å². The lowest BCUT2D eigenvalue weighted by Crippen LogP contribution is -2.52. The topological polar surface area (TPSA) is 112 Å². The Kier molecular flexibility index (Phi) is 7.17. The Balaban J connectivity index is 1.38. The van der Waals surface area contributed by atoms with Crippen LogP contribution in [0.3, 0.4) is 0 Å². The number of aromatic hydroxyl groups is 2. The van der Waals surface area contributed by atoms with E-state index in [1.807, 2.05) is 60.7 Å². The third kappa shape index (κ3) is 5.66. The Labute approximate surface area is 236 Å². The number of allylic oxidation sites excluding steroid dienone is 1. The lowest BCUT2D eigenvalue weighted by molar-refractivity contribution is -0.388. The molecule has 0 aliphatic carbocycles. The van der Waals surface area contributed by atoms with Crippen molar-refractivity contribution in [2.24, 2.45) is 0 Å². The number of esters is 1. The zero-order valence-electron chi connectivity index (χ0n) is 22.0. The first kappa shape index (κ1) is 26.6. The van der Waals surface area contributed by atoms with Crippen molar-refractivity contribution in [3.05, 3.63) is 113 Å². The van der Waals surface area contributed by atoms with Crippen molar-refractivity contribution in [3.8, 4) is 17.2 Å². The van der Waals surface area contributed by atoms with Crippen LogP contribution in [0.1, 0.15) is 52.4 Å². The molecule has 8 heteroatoms. The van der Waals surface area contributed by atoms with E-state index in [4.69, 9.17) is 18.9 Å². The monoisotopic (exact) mass is 552 g/mol. The van der Waals surface area contributed by atoms with Gasteiger partial charge in [0.1, 0.15) is 23.2 Å². The van der Waals surface area contributed by atoms with Crippen LogP contribution in [-0.2, 0) is 19.0 Å². The van der Waals surface area contributed by atoms with Crippen LogP contribution in [0.15, 0.2) is 91.0 Å². The van der Waals surface area contributed by atoms with E-state index < -0.39 is 35.7 Å². The van der Waals surface area contributed by atoms with Gasteiger partial charge in [-0.05, 0) is 23.3 Å². The molecular weight excluding hydrogens is 524 g/mol. The molecule has 6 rings (SSSR count). The highest BCUT2D eigenvalue weighted by atomic mass is 16.9. The van der Waals surface area contributed by atoms with Gasteiger partial charge in [-0.2, -0.15) is 0 Å². The first-order chi connectivity index (χ1) is 19.9. The minimum atomic E-state index is -1.77. The quantitative estimate of drug-likeness (QED) is 0.213. The molecule has 1 unspecified atom stereocenters. The predicted octanol–water partition coefficient (Wildman–Crippen LogP) is 5.86. The van der Waals surface area contributed by atoms with Crippen molar-refractivity contribution in [2.45, 2.75) is 43.5 Å². The van der Waals surface area contributed by atoms with Gasteiger partial charge in [0, 0.05) is 37.5 Å². The Morgan fingerprint density at radius 1 is 0.927 bits per heavy atom. The van der Waals surface area contributed by atoms with Crippen molar-refractivity contribution in [1.29, 1.82) is 0 Å². The second-order valence-corrected chi connectivity index (χ2v) is 10.1. The van der Waals surface area contributed by atoms with Gasteiger partial charge in [0.05, 0.1) is 17.8 Å². The van der Waals surface area contributed by atoms with E-state index in [2.05, 4.69) is 0 Å². The summed E-state index contributed by atoms with van der Waals surface area (Å²) in [5.41, 5.74) is 1.80. The fourth-order valence-electron chi connectivity index (χ4n) is 5.31. The van der Waals surface area contributed by atoms with Crippen LogP contribution in [0.2, 0.25) is 0 Å². The second-order valence-electron chi connectivity index (χ2n) is 10.1. The Hall–Kier alpha value is -4.66. The normalized spacial score (nSPS) is 25.1. The van der Waals surface area contributed by atoms with Gasteiger partial charge in [0.25, 0.3) is 0 Å². The minimum absolute atomic E-state index is 0.00958. The van der Waals surface area contributed by atoms with Gasteiger partial charge < -0.3 is 29.2 Å². The number of cyclic esters (lactones) is 1. The van der Waals surface area contributed by atoms with E-state index in [-0.39, 0.29) is 28.7 Å². The maximum Gasteiger partial charge on any atom is 0.350 e. The average molecular weight is 553 g/mol. The summed E-state index contributed by atoms with van der Waals surface area (Å²) in [5.74, 6) is -3.40. The molecular formula is C33H28O8. The number of carbonyl (C=O) groups is 2. The number of rotatable bonds is 7. The number of ether oxygens (including phenoxy) is 4. The van der Waals surface area contributed by atoms with Crippen LogP contribution in [0.5, 0.6) is 17.2 Å². The van der Waals surface area contributed by atoms with Crippen molar-refractivity contribution >= 4 is 23.9 Å². The first-order valence-electron chi connectivity index (χ1n) is 13.4. The number of hydrogen-bond acceptors (Lipinski definition) is 8. The molecule has 0 spiro atoms. The number of ketones is 1. The van der Waals surface area contributed by atoms with E-state index in [1.165, 1.54) is 12.2 Å². The highest BCUT2D eigenvalue weighted by Gasteiger charge is 2.51. The summed E-state index contributed by atoms with van der Waals surface area (Å²) in [4.78, 5) is 25.2. The molecule has 0 aromatic heterocycles. The number of carbonyl (C=O) groups excluding carboxylic acids is 2. The summed E-state index contributed by atoms with van der Waals surface area (Å²) in [6.07, 6.45) is 9.14. The third-order valence-electron chi connectivity index (χ3n) is 7.17. The summed E-state index contributed by atoms with van der Waals surface area (Å²) >= 11 is 0. The van der Waals surface area contributed by atoms with Gasteiger partial charge >= 0.3 is 11.9 Å². The number of hydrogen-bond donors (Lipinski definition) is 2. The van der Waals surface area contributed by atoms with Crippen LogP contribution < -0.4 is 4.74 Å². The Morgan fingerprint density at radius 3 is 2.34 bits per heavy atom. The fourth-order valence-corrected chi connectivity index (χ4v) is 5.31. The SMILES string of the molecule is O=C1C=CCC(C[C@H]2C[C@@H]3O[C@](/C=C/c4ccccc4)(Oc4c(C(=O)/C=C/c5ccccc5)c(O)cc(O)c43)O2)O1. The van der Waals surface area contributed by atoms with Crippen LogP contribution in [0.4, 0.5) is 0 Å². The largest absolute Gasteiger partial charge is 0.507 e. The van der Waals surface area contributed by atoms with Crippen molar-refractivity contribution in [2.75, 3.05) is 0 Å².